The van der Waals surface area contributed by atoms with Crippen molar-refractivity contribution in [2.45, 2.75) is 82.5 Å². The number of nitrogens with one attached hydrogen (secondary N) is 1. The van der Waals surface area contributed by atoms with Gasteiger partial charge in [0.05, 0.1) is 12.7 Å². The zero-order valence-corrected chi connectivity index (χ0v) is 25.3. The van der Waals surface area contributed by atoms with Gasteiger partial charge in [0.1, 0.15) is 5.82 Å². The molecule has 9 nitrogen and oxygen atoms in total. The lowest BCUT2D eigenvalue weighted by molar-refractivity contribution is -0.00226. The maximum Gasteiger partial charge on any atom is 0.279 e. The molecule has 1 aromatic carbocycles. The number of halogens is 1. The van der Waals surface area contributed by atoms with Crippen LogP contribution in [0.25, 0.3) is 0 Å². The van der Waals surface area contributed by atoms with Gasteiger partial charge in [0.25, 0.3) is 10.2 Å². The SMILES string of the molecule is CC(C)N(C)[C@@H]1CCN(S(=O)(=O)N[C@H]2CCN(c3cccnn3)C[C@H]2COC2CCC(c3cccc(F)c3)CC2)C1. The number of likely N-dealkylation sites (N-methyl/N-ethyl adjacent to an activating group) is 1. The summed E-state index contributed by atoms with van der Waals surface area (Å²) in [5.74, 6) is 0.938. The van der Waals surface area contributed by atoms with Crippen molar-refractivity contribution in [3.05, 3.63) is 54.0 Å². The van der Waals surface area contributed by atoms with E-state index in [1.54, 1.807) is 22.6 Å². The summed E-state index contributed by atoms with van der Waals surface area (Å²) in [6.07, 6.45) is 7.03. The van der Waals surface area contributed by atoms with Crippen LogP contribution in [0.3, 0.4) is 0 Å². The molecular weight excluding hydrogens is 543 g/mol. The monoisotopic (exact) mass is 588 g/mol. The van der Waals surface area contributed by atoms with Gasteiger partial charge in [-0.25, -0.2) is 4.39 Å². The minimum atomic E-state index is -3.63. The van der Waals surface area contributed by atoms with E-state index in [0.29, 0.717) is 51.2 Å². The minimum Gasteiger partial charge on any atom is -0.378 e. The van der Waals surface area contributed by atoms with Crippen LogP contribution in [0.15, 0.2) is 42.6 Å². The van der Waals surface area contributed by atoms with E-state index in [1.165, 1.54) is 6.07 Å². The van der Waals surface area contributed by atoms with Crippen molar-refractivity contribution in [3.8, 4) is 0 Å². The number of aromatic nitrogens is 2. The first-order chi connectivity index (χ1) is 19.7. The van der Waals surface area contributed by atoms with Gasteiger partial charge in [-0.05, 0) is 95.2 Å². The van der Waals surface area contributed by atoms with E-state index in [0.717, 1.165) is 43.5 Å². The zero-order valence-electron chi connectivity index (χ0n) is 24.5. The molecule has 1 N–H and O–H groups in total. The van der Waals surface area contributed by atoms with Crippen LogP contribution in [0.5, 0.6) is 0 Å². The number of ether oxygens (including phenoxy) is 1. The molecule has 3 heterocycles. The molecule has 2 saturated heterocycles. The number of hydrogen-bond acceptors (Lipinski definition) is 7. The molecule has 226 valence electrons. The van der Waals surface area contributed by atoms with Crippen molar-refractivity contribution in [3.63, 3.8) is 0 Å². The van der Waals surface area contributed by atoms with Gasteiger partial charge in [-0.15, -0.1) is 5.10 Å². The summed E-state index contributed by atoms with van der Waals surface area (Å²) in [6.45, 7) is 7.13. The molecule has 2 aliphatic heterocycles. The summed E-state index contributed by atoms with van der Waals surface area (Å²) >= 11 is 0. The summed E-state index contributed by atoms with van der Waals surface area (Å²) in [4.78, 5) is 4.44. The Balaban J connectivity index is 1.21. The van der Waals surface area contributed by atoms with Crippen LogP contribution >= 0.6 is 0 Å². The molecule has 3 fully saturated rings. The Bertz CT molecular complexity index is 1230. The lowest BCUT2D eigenvalue weighted by Crippen LogP contribution is -2.55. The molecule has 0 radical (unpaired) electrons. The van der Waals surface area contributed by atoms with Gasteiger partial charge in [0.2, 0.25) is 0 Å². The Hall–Kier alpha value is -2.18. The highest BCUT2D eigenvalue weighted by Crippen LogP contribution is 2.35. The number of hydrogen-bond donors (Lipinski definition) is 1. The van der Waals surface area contributed by atoms with Crippen molar-refractivity contribution in [1.29, 1.82) is 0 Å². The summed E-state index contributed by atoms with van der Waals surface area (Å²) in [5, 5.41) is 8.33. The van der Waals surface area contributed by atoms with Crippen LogP contribution < -0.4 is 9.62 Å². The molecule has 2 aromatic rings. The number of piperidine rings is 1. The van der Waals surface area contributed by atoms with Gasteiger partial charge in [-0.1, -0.05) is 12.1 Å². The molecule has 0 bridgehead atoms. The quantitative estimate of drug-likeness (QED) is 0.452. The van der Waals surface area contributed by atoms with E-state index < -0.39 is 10.2 Å². The molecule has 11 heteroatoms. The number of nitrogens with zero attached hydrogens (tertiary/aromatic N) is 5. The normalized spacial score (nSPS) is 28.0. The Kier molecular flexibility index (Phi) is 9.91. The van der Waals surface area contributed by atoms with Crippen molar-refractivity contribution >= 4 is 16.0 Å². The Morgan fingerprint density at radius 3 is 2.59 bits per heavy atom. The van der Waals surface area contributed by atoms with Crippen LogP contribution in [-0.2, 0) is 14.9 Å². The first kappa shape index (κ1) is 30.3. The van der Waals surface area contributed by atoms with Gasteiger partial charge in [-0.2, -0.15) is 22.5 Å². The third-order valence-electron chi connectivity index (χ3n) is 9.31. The number of benzene rings is 1. The molecule has 3 aliphatic rings. The maximum absolute atomic E-state index is 13.7. The second-order valence-corrected chi connectivity index (χ2v) is 13.9. The minimum absolute atomic E-state index is 0.0294. The van der Waals surface area contributed by atoms with Gasteiger partial charge in [0.15, 0.2) is 5.82 Å². The molecule has 1 aromatic heterocycles. The molecule has 41 heavy (non-hydrogen) atoms. The molecule has 0 spiro atoms. The number of rotatable bonds is 10. The van der Waals surface area contributed by atoms with Gasteiger partial charge in [-0.3, -0.25) is 4.90 Å². The molecule has 0 unspecified atom stereocenters. The van der Waals surface area contributed by atoms with Crippen molar-refractivity contribution < 1.29 is 17.5 Å². The summed E-state index contributed by atoms with van der Waals surface area (Å²) < 4.78 is 51.9. The van der Waals surface area contributed by atoms with E-state index in [-0.39, 0.29) is 29.9 Å². The lowest BCUT2D eigenvalue weighted by Gasteiger charge is -2.40. The van der Waals surface area contributed by atoms with Crippen LogP contribution in [0.2, 0.25) is 0 Å². The highest BCUT2D eigenvalue weighted by Gasteiger charge is 2.39. The van der Waals surface area contributed by atoms with E-state index in [1.807, 2.05) is 18.2 Å². The standard InChI is InChI=1S/C30H45FN6O3S/c1-22(2)35(3)27-13-17-37(20-27)41(38,39)34-29-14-16-36(30-8-5-15-32-33-30)19-25(29)21-40-28-11-9-23(10-12-28)24-6-4-7-26(31)18-24/h4-8,15,18,22-23,25,27-29,34H,9-14,16-17,19-21H2,1-3H3/t23?,25-,27+,28?,29-/m0/s1. The van der Waals surface area contributed by atoms with E-state index in [2.05, 4.69) is 45.6 Å². The average Bonchev–Trinajstić information content (AvgIpc) is 3.48. The van der Waals surface area contributed by atoms with Crippen molar-refractivity contribution in [1.82, 2.24) is 24.1 Å². The first-order valence-corrected chi connectivity index (χ1v) is 16.5. The summed E-state index contributed by atoms with van der Waals surface area (Å²) in [7, 11) is -1.56. The number of anilines is 1. The molecule has 0 amide bonds. The Labute approximate surface area is 244 Å². The molecule has 1 saturated carbocycles. The predicted molar refractivity (Wildman–Crippen MR) is 158 cm³/mol. The topological polar surface area (TPSA) is 90.9 Å². The van der Waals surface area contributed by atoms with Crippen molar-refractivity contribution in [2.75, 3.05) is 44.7 Å². The van der Waals surface area contributed by atoms with Crippen LogP contribution in [-0.4, -0.2) is 91.9 Å². The van der Waals surface area contributed by atoms with Crippen LogP contribution in [0.1, 0.15) is 63.9 Å². The second-order valence-electron chi connectivity index (χ2n) is 12.2. The van der Waals surface area contributed by atoms with E-state index in [4.69, 9.17) is 4.74 Å². The lowest BCUT2D eigenvalue weighted by atomic mass is 9.82. The highest BCUT2D eigenvalue weighted by molar-refractivity contribution is 7.87. The van der Waals surface area contributed by atoms with Crippen LogP contribution in [0.4, 0.5) is 10.2 Å². The van der Waals surface area contributed by atoms with Gasteiger partial charge >= 0.3 is 0 Å². The van der Waals surface area contributed by atoms with Gasteiger partial charge < -0.3 is 9.64 Å². The maximum atomic E-state index is 13.7. The highest BCUT2D eigenvalue weighted by atomic mass is 32.2. The summed E-state index contributed by atoms with van der Waals surface area (Å²) in [6, 6.07) is 11.1. The fraction of sp³-hybridized carbons (Fsp3) is 0.667. The Morgan fingerprint density at radius 2 is 1.88 bits per heavy atom. The van der Waals surface area contributed by atoms with E-state index in [9.17, 15) is 12.8 Å². The zero-order chi connectivity index (χ0) is 29.0. The third-order valence-corrected chi connectivity index (χ3v) is 10.9. The molecule has 5 rings (SSSR count). The fourth-order valence-electron chi connectivity index (χ4n) is 6.56. The largest absolute Gasteiger partial charge is 0.378 e. The predicted octanol–water partition coefficient (Wildman–Crippen LogP) is 3.80. The Morgan fingerprint density at radius 1 is 1.07 bits per heavy atom. The third kappa shape index (κ3) is 7.62. The molecule has 3 atom stereocenters. The first-order valence-electron chi connectivity index (χ1n) is 15.1. The smallest absolute Gasteiger partial charge is 0.279 e. The van der Waals surface area contributed by atoms with Crippen molar-refractivity contribution in [2.24, 2.45) is 5.92 Å². The molecular formula is C30H45FN6O3S. The van der Waals surface area contributed by atoms with Gasteiger partial charge in [0, 0.05) is 56.4 Å². The average molecular weight is 589 g/mol. The van der Waals surface area contributed by atoms with E-state index >= 15 is 0 Å². The summed E-state index contributed by atoms with van der Waals surface area (Å²) in [5.41, 5.74) is 1.06. The molecule has 1 aliphatic carbocycles. The van der Waals surface area contributed by atoms with Crippen LogP contribution in [0, 0.1) is 11.7 Å². The fourth-order valence-corrected chi connectivity index (χ4v) is 8.11. The second kappa shape index (κ2) is 13.4.